The molecule has 1 aliphatic rings. The van der Waals surface area contributed by atoms with E-state index in [0.717, 1.165) is 5.92 Å². The van der Waals surface area contributed by atoms with Gasteiger partial charge in [0.15, 0.2) is 0 Å². The molecule has 2 heteroatoms. The minimum Gasteiger partial charge on any atom is -0.369 e. The smallest absolute Gasteiger partial charge is 0.0950 e. The Morgan fingerprint density at radius 2 is 1.94 bits per heavy atom. The molecule has 0 bridgehead atoms. The summed E-state index contributed by atoms with van der Waals surface area (Å²) in [5.74, 6) is 0.719. The summed E-state index contributed by atoms with van der Waals surface area (Å²) >= 11 is 0. The maximum absolute atomic E-state index is 6.31. The molecule has 0 aromatic heterocycles. The molecule has 2 rings (SSSR count). The van der Waals surface area contributed by atoms with Crippen molar-refractivity contribution in [1.82, 2.24) is 0 Å². The van der Waals surface area contributed by atoms with Gasteiger partial charge >= 0.3 is 0 Å². The van der Waals surface area contributed by atoms with Crippen molar-refractivity contribution in [3.05, 3.63) is 35.9 Å². The SMILES string of the molecule is CCC1CCCCC1OC(CN)c1ccccc1. The van der Waals surface area contributed by atoms with Crippen molar-refractivity contribution in [3.63, 3.8) is 0 Å². The number of hydrogen-bond donors (Lipinski definition) is 1. The maximum atomic E-state index is 6.31. The Hall–Kier alpha value is -0.860. The molecule has 18 heavy (non-hydrogen) atoms. The van der Waals surface area contributed by atoms with E-state index in [1.165, 1.54) is 37.7 Å². The Morgan fingerprint density at radius 1 is 1.22 bits per heavy atom. The van der Waals surface area contributed by atoms with Crippen LogP contribution in [0.5, 0.6) is 0 Å². The van der Waals surface area contributed by atoms with Crippen LogP contribution in [0.2, 0.25) is 0 Å². The largest absolute Gasteiger partial charge is 0.369 e. The Bertz CT molecular complexity index is 338. The normalized spacial score (nSPS) is 25.9. The first-order valence-electron chi connectivity index (χ1n) is 7.25. The lowest BCUT2D eigenvalue weighted by molar-refractivity contribution is -0.0586. The molecule has 2 nitrogen and oxygen atoms in total. The molecule has 0 heterocycles. The molecular weight excluding hydrogens is 222 g/mol. The quantitative estimate of drug-likeness (QED) is 0.861. The van der Waals surface area contributed by atoms with Gasteiger partial charge in [-0.3, -0.25) is 0 Å². The highest BCUT2D eigenvalue weighted by atomic mass is 16.5. The van der Waals surface area contributed by atoms with Crippen molar-refractivity contribution >= 4 is 0 Å². The fourth-order valence-electron chi connectivity index (χ4n) is 2.97. The molecule has 1 fully saturated rings. The van der Waals surface area contributed by atoms with Gasteiger partial charge in [0, 0.05) is 6.54 Å². The summed E-state index contributed by atoms with van der Waals surface area (Å²) in [7, 11) is 0. The summed E-state index contributed by atoms with van der Waals surface area (Å²) in [6.07, 6.45) is 6.84. The fraction of sp³-hybridized carbons (Fsp3) is 0.625. The molecule has 1 aromatic carbocycles. The van der Waals surface area contributed by atoms with E-state index in [-0.39, 0.29) is 6.10 Å². The molecule has 1 aliphatic carbocycles. The minimum atomic E-state index is 0.0587. The topological polar surface area (TPSA) is 35.2 Å². The van der Waals surface area contributed by atoms with Crippen LogP contribution in [0.25, 0.3) is 0 Å². The second kappa shape index (κ2) is 6.91. The Labute approximate surface area is 111 Å². The molecule has 0 amide bonds. The molecule has 0 aliphatic heterocycles. The molecular formula is C16H25NO. The zero-order valence-corrected chi connectivity index (χ0v) is 11.3. The van der Waals surface area contributed by atoms with Crippen LogP contribution in [0.1, 0.15) is 50.7 Å². The third-order valence-corrected chi connectivity index (χ3v) is 4.09. The van der Waals surface area contributed by atoms with E-state index >= 15 is 0 Å². The van der Waals surface area contributed by atoms with E-state index in [1.807, 2.05) is 6.07 Å². The van der Waals surface area contributed by atoms with Crippen LogP contribution in [0, 0.1) is 5.92 Å². The standard InChI is InChI=1S/C16H25NO/c1-2-13-8-6-7-11-15(13)18-16(12-17)14-9-4-3-5-10-14/h3-5,9-10,13,15-16H,2,6-8,11-12,17H2,1H3. The van der Waals surface area contributed by atoms with Crippen molar-refractivity contribution in [3.8, 4) is 0 Å². The number of benzene rings is 1. The summed E-state index contributed by atoms with van der Waals surface area (Å²) in [5, 5.41) is 0. The first-order valence-corrected chi connectivity index (χ1v) is 7.25. The first-order chi connectivity index (χ1) is 8.85. The highest BCUT2D eigenvalue weighted by molar-refractivity contribution is 5.17. The third-order valence-electron chi connectivity index (χ3n) is 4.09. The predicted octanol–water partition coefficient (Wildman–Crippen LogP) is 3.67. The van der Waals surface area contributed by atoms with Crippen LogP contribution in [0.3, 0.4) is 0 Å². The summed E-state index contributed by atoms with van der Waals surface area (Å²) in [6.45, 7) is 2.84. The van der Waals surface area contributed by atoms with E-state index in [0.29, 0.717) is 12.6 Å². The zero-order chi connectivity index (χ0) is 12.8. The van der Waals surface area contributed by atoms with Gasteiger partial charge in [0.1, 0.15) is 0 Å². The van der Waals surface area contributed by atoms with Gasteiger partial charge in [0.05, 0.1) is 12.2 Å². The van der Waals surface area contributed by atoms with Crippen molar-refractivity contribution in [2.24, 2.45) is 11.7 Å². The van der Waals surface area contributed by atoms with Crippen LogP contribution in [-0.4, -0.2) is 12.6 Å². The molecule has 3 atom stereocenters. The minimum absolute atomic E-state index is 0.0587. The summed E-state index contributed by atoms with van der Waals surface area (Å²) in [5.41, 5.74) is 7.09. The second-order valence-corrected chi connectivity index (χ2v) is 5.26. The predicted molar refractivity (Wildman–Crippen MR) is 75.4 cm³/mol. The van der Waals surface area contributed by atoms with Gasteiger partial charge in [-0.25, -0.2) is 0 Å². The van der Waals surface area contributed by atoms with Gasteiger partial charge in [0.25, 0.3) is 0 Å². The van der Waals surface area contributed by atoms with Gasteiger partial charge in [-0.1, -0.05) is 56.5 Å². The summed E-state index contributed by atoms with van der Waals surface area (Å²) in [6, 6.07) is 10.4. The highest BCUT2D eigenvalue weighted by Gasteiger charge is 2.27. The molecule has 2 N–H and O–H groups in total. The van der Waals surface area contributed by atoms with Gasteiger partial charge in [-0.15, -0.1) is 0 Å². The lowest BCUT2D eigenvalue weighted by Crippen LogP contribution is -2.31. The first kappa shape index (κ1) is 13.6. The fourth-order valence-corrected chi connectivity index (χ4v) is 2.97. The molecule has 1 saturated carbocycles. The van der Waals surface area contributed by atoms with E-state index in [4.69, 9.17) is 10.5 Å². The average molecular weight is 247 g/mol. The molecule has 0 saturated heterocycles. The van der Waals surface area contributed by atoms with Crippen molar-refractivity contribution in [2.45, 2.75) is 51.2 Å². The van der Waals surface area contributed by atoms with Gasteiger partial charge in [0.2, 0.25) is 0 Å². The van der Waals surface area contributed by atoms with E-state index in [1.54, 1.807) is 0 Å². The molecule has 3 unspecified atom stereocenters. The lowest BCUT2D eigenvalue weighted by Gasteiger charge is -2.33. The lowest BCUT2D eigenvalue weighted by atomic mass is 9.84. The summed E-state index contributed by atoms with van der Waals surface area (Å²) < 4.78 is 6.31. The van der Waals surface area contributed by atoms with E-state index in [2.05, 4.69) is 31.2 Å². The van der Waals surface area contributed by atoms with Gasteiger partial charge < -0.3 is 10.5 Å². The van der Waals surface area contributed by atoms with Crippen molar-refractivity contribution < 1.29 is 4.74 Å². The zero-order valence-electron chi connectivity index (χ0n) is 11.3. The maximum Gasteiger partial charge on any atom is 0.0950 e. The number of rotatable bonds is 5. The van der Waals surface area contributed by atoms with Crippen LogP contribution >= 0.6 is 0 Å². The van der Waals surface area contributed by atoms with Gasteiger partial charge in [-0.2, -0.15) is 0 Å². The molecule has 0 spiro atoms. The van der Waals surface area contributed by atoms with Crippen molar-refractivity contribution in [2.75, 3.05) is 6.54 Å². The van der Waals surface area contributed by atoms with Crippen molar-refractivity contribution in [1.29, 1.82) is 0 Å². The Kier molecular flexibility index (Phi) is 5.21. The number of nitrogens with two attached hydrogens (primary N) is 1. The van der Waals surface area contributed by atoms with E-state index in [9.17, 15) is 0 Å². The Balaban J connectivity index is 2.01. The second-order valence-electron chi connectivity index (χ2n) is 5.26. The number of ether oxygens (including phenoxy) is 1. The average Bonchev–Trinajstić information content (AvgIpc) is 2.46. The highest BCUT2D eigenvalue weighted by Crippen LogP contribution is 2.32. The monoisotopic (exact) mass is 247 g/mol. The van der Waals surface area contributed by atoms with Crippen LogP contribution in [0.15, 0.2) is 30.3 Å². The third kappa shape index (κ3) is 3.33. The van der Waals surface area contributed by atoms with Crippen LogP contribution in [0.4, 0.5) is 0 Å². The van der Waals surface area contributed by atoms with E-state index < -0.39 is 0 Å². The molecule has 0 radical (unpaired) electrons. The molecule has 1 aromatic rings. The Morgan fingerprint density at radius 3 is 2.61 bits per heavy atom. The van der Waals surface area contributed by atoms with Gasteiger partial charge in [-0.05, 0) is 24.3 Å². The van der Waals surface area contributed by atoms with Crippen LogP contribution < -0.4 is 5.73 Å². The molecule has 100 valence electrons. The number of hydrogen-bond acceptors (Lipinski definition) is 2. The summed E-state index contributed by atoms with van der Waals surface area (Å²) in [4.78, 5) is 0. The van der Waals surface area contributed by atoms with Crippen LogP contribution in [-0.2, 0) is 4.74 Å².